The molecule has 0 aliphatic heterocycles. The summed E-state index contributed by atoms with van der Waals surface area (Å²) in [6.07, 6.45) is 0. The van der Waals surface area contributed by atoms with E-state index in [1.165, 1.54) is 6.07 Å². The van der Waals surface area contributed by atoms with Crippen molar-refractivity contribution in [2.24, 2.45) is 11.5 Å². The van der Waals surface area contributed by atoms with Crippen LogP contribution in [0.4, 0.5) is 4.39 Å². The fraction of sp³-hybridized carbons (Fsp3) is 0.500. The Kier molecular flexibility index (Phi) is 5.33. The van der Waals surface area contributed by atoms with Crippen molar-refractivity contribution in [1.82, 2.24) is 4.90 Å². The van der Waals surface area contributed by atoms with Gasteiger partial charge in [-0.25, -0.2) is 4.39 Å². The number of likely N-dealkylation sites (N-methyl/N-ethyl adjacent to an activating group) is 1. The molecule has 0 amide bonds. The van der Waals surface area contributed by atoms with Crippen molar-refractivity contribution in [3.8, 4) is 0 Å². The van der Waals surface area contributed by atoms with Crippen LogP contribution in [-0.4, -0.2) is 31.1 Å². The fourth-order valence-electron chi connectivity index (χ4n) is 1.64. The SMILES string of the molecule is Cc1cc(Cl)c(CN(C)CC(N)CN)cc1F. The predicted molar refractivity (Wildman–Crippen MR) is 69.5 cm³/mol. The van der Waals surface area contributed by atoms with Crippen LogP contribution in [0.25, 0.3) is 0 Å². The molecule has 0 radical (unpaired) electrons. The van der Waals surface area contributed by atoms with Gasteiger partial charge in [0.15, 0.2) is 0 Å². The second kappa shape index (κ2) is 6.31. The molecule has 0 aliphatic carbocycles. The summed E-state index contributed by atoms with van der Waals surface area (Å²) in [5, 5.41) is 0.581. The van der Waals surface area contributed by atoms with E-state index in [-0.39, 0.29) is 11.9 Å². The molecule has 0 saturated heterocycles. The summed E-state index contributed by atoms with van der Waals surface area (Å²) in [5.41, 5.74) is 12.5. The zero-order chi connectivity index (χ0) is 13.0. The van der Waals surface area contributed by atoms with Gasteiger partial charge in [-0.05, 0) is 37.2 Å². The van der Waals surface area contributed by atoms with Gasteiger partial charge in [-0.1, -0.05) is 11.6 Å². The summed E-state index contributed by atoms with van der Waals surface area (Å²) in [5.74, 6) is -0.235. The topological polar surface area (TPSA) is 55.3 Å². The monoisotopic (exact) mass is 259 g/mol. The maximum absolute atomic E-state index is 13.4. The van der Waals surface area contributed by atoms with Gasteiger partial charge in [0.2, 0.25) is 0 Å². The number of halogens is 2. The Morgan fingerprint density at radius 3 is 2.71 bits per heavy atom. The number of nitrogens with two attached hydrogens (primary N) is 2. The normalized spacial score (nSPS) is 13.1. The lowest BCUT2D eigenvalue weighted by Crippen LogP contribution is -2.40. The van der Waals surface area contributed by atoms with Gasteiger partial charge in [0.25, 0.3) is 0 Å². The maximum Gasteiger partial charge on any atom is 0.126 e. The molecule has 5 heteroatoms. The molecule has 0 bridgehead atoms. The molecule has 1 rings (SSSR count). The average Bonchev–Trinajstić information content (AvgIpc) is 2.25. The molecule has 1 aromatic rings. The van der Waals surface area contributed by atoms with Crippen LogP contribution in [0.2, 0.25) is 5.02 Å². The fourth-order valence-corrected chi connectivity index (χ4v) is 1.92. The first-order valence-electron chi connectivity index (χ1n) is 5.52. The summed E-state index contributed by atoms with van der Waals surface area (Å²) in [4.78, 5) is 1.98. The molecule has 17 heavy (non-hydrogen) atoms. The van der Waals surface area contributed by atoms with E-state index in [0.29, 0.717) is 30.2 Å². The minimum Gasteiger partial charge on any atom is -0.329 e. The van der Waals surface area contributed by atoms with E-state index < -0.39 is 0 Å². The molecule has 1 aromatic carbocycles. The third-order valence-corrected chi connectivity index (χ3v) is 2.97. The van der Waals surface area contributed by atoms with E-state index in [1.807, 2.05) is 11.9 Å². The Balaban J connectivity index is 2.71. The maximum atomic E-state index is 13.4. The molecule has 0 heterocycles. The van der Waals surface area contributed by atoms with Crippen molar-refractivity contribution in [1.29, 1.82) is 0 Å². The van der Waals surface area contributed by atoms with Gasteiger partial charge >= 0.3 is 0 Å². The minimum absolute atomic E-state index is 0.0749. The highest BCUT2D eigenvalue weighted by atomic mass is 35.5. The van der Waals surface area contributed by atoms with E-state index >= 15 is 0 Å². The molecule has 1 atom stereocenters. The first kappa shape index (κ1) is 14.4. The van der Waals surface area contributed by atoms with Crippen molar-refractivity contribution in [2.45, 2.75) is 19.5 Å². The number of rotatable bonds is 5. The average molecular weight is 260 g/mol. The van der Waals surface area contributed by atoms with Crippen LogP contribution in [0.15, 0.2) is 12.1 Å². The Morgan fingerprint density at radius 1 is 1.47 bits per heavy atom. The highest BCUT2D eigenvalue weighted by Crippen LogP contribution is 2.21. The number of benzene rings is 1. The van der Waals surface area contributed by atoms with Gasteiger partial charge in [0, 0.05) is 30.7 Å². The molecule has 4 N–H and O–H groups in total. The van der Waals surface area contributed by atoms with E-state index in [1.54, 1.807) is 13.0 Å². The first-order chi connectivity index (χ1) is 7.93. The smallest absolute Gasteiger partial charge is 0.126 e. The van der Waals surface area contributed by atoms with E-state index in [4.69, 9.17) is 23.1 Å². The minimum atomic E-state index is -0.235. The first-order valence-corrected chi connectivity index (χ1v) is 5.90. The second-order valence-electron chi connectivity index (χ2n) is 4.39. The zero-order valence-corrected chi connectivity index (χ0v) is 11.0. The summed E-state index contributed by atoms with van der Waals surface area (Å²) >= 11 is 6.07. The van der Waals surface area contributed by atoms with Gasteiger partial charge < -0.3 is 16.4 Å². The van der Waals surface area contributed by atoms with Crippen molar-refractivity contribution >= 4 is 11.6 Å². The summed E-state index contributed by atoms with van der Waals surface area (Å²) in [7, 11) is 1.91. The van der Waals surface area contributed by atoms with Gasteiger partial charge in [-0.2, -0.15) is 0 Å². The molecular formula is C12H19ClFN3. The second-order valence-corrected chi connectivity index (χ2v) is 4.79. The van der Waals surface area contributed by atoms with Crippen LogP contribution in [0.3, 0.4) is 0 Å². The summed E-state index contributed by atoms with van der Waals surface area (Å²) in [6.45, 7) is 3.34. The number of hydrogen-bond donors (Lipinski definition) is 2. The van der Waals surface area contributed by atoms with Crippen LogP contribution < -0.4 is 11.5 Å². The van der Waals surface area contributed by atoms with E-state index in [2.05, 4.69) is 0 Å². The lowest BCUT2D eigenvalue weighted by molar-refractivity contribution is 0.305. The Hall–Kier alpha value is -0.680. The summed E-state index contributed by atoms with van der Waals surface area (Å²) < 4.78 is 13.4. The van der Waals surface area contributed by atoms with E-state index in [9.17, 15) is 4.39 Å². The molecule has 0 aromatic heterocycles. The van der Waals surface area contributed by atoms with Gasteiger partial charge in [0.1, 0.15) is 5.82 Å². The predicted octanol–water partition coefficient (Wildman–Crippen LogP) is 1.51. The molecule has 0 fully saturated rings. The third kappa shape index (κ3) is 4.24. The van der Waals surface area contributed by atoms with Crippen molar-refractivity contribution in [2.75, 3.05) is 20.1 Å². The lowest BCUT2D eigenvalue weighted by Gasteiger charge is -2.21. The quantitative estimate of drug-likeness (QED) is 0.843. The third-order valence-electron chi connectivity index (χ3n) is 2.62. The molecule has 3 nitrogen and oxygen atoms in total. The highest BCUT2D eigenvalue weighted by molar-refractivity contribution is 6.31. The largest absolute Gasteiger partial charge is 0.329 e. The molecule has 1 unspecified atom stereocenters. The van der Waals surface area contributed by atoms with E-state index in [0.717, 1.165) is 5.56 Å². The standard InChI is InChI=1S/C12H19ClFN3/c1-8-3-11(13)9(4-12(8)14)6-17(2)7-10(16)5-15/h3-4,10H,5-7,15-16H2,1-2H3. The Labute approximate surface area is 107 Å². The summed E-state index contributed by atoms with van der Waals surface area (Å²) in [6, 6.07) is 3.04. The Morgan fingerprint density at radius 2 is 2.12 bits per heavy atom. The van der Waals surface area contributed by atoms with Crippen LogP contribution >= 0.6 is 11.6 Å². The zero-order valence-electron chi connectivity index (χ0n) is 10.2. The lowest BCUT2D eigenvalue weighted by atomic mass is 10.1. The molecular weight excluding hydrogens is 241 g/mol. The molecule has 0 spiro atoms. The Bertz CT molecular complexity index is 384. The molecule has 0 aliphatic rings. The van der Waals surface area contributed by atoms with Crippen molar-refractivity contribution < 1.29 is 4.39 Å². The van der Waals surface area contributed by atoms with Crippen LogP contribution in [-0.2, 0) is 6.54 Å². The van der Waals surface area contributed by atoms with Crippen molar-refractivity contribution in [3.05, 3.63) is 34.1 Å². The number of aryl methyl sites for hydroxylation is 1. The van der Waals surface area contributed by atoms with Gasteiger partial charge in [0.05, 0.1) is 0 Å². The van der Waals surface area contributed by atoms with Crippen LogP contribution in [0, 0.1) is 12.7 Å². The number of nitrogens with zero attached hydrogens (tertiary/aromatic N) is 1. The molecule has 0 saturated carbocycles. The van der Waals surface area contributed by atoms with Gasteiger partial charge in [-0.15, -0.1) is 0 Å². The van der Waals surface area contributed by atoms with Gasteiger partial charge in [-0.3, -0.25) is 0 Å². The van der Waals surface area contributed by atoms with Crippen molar-refractivity contribution in [3.63, 3.8) is 0 Å². The molecule has 96 valence electrons. The van der Waals surface area contributed by atoms with Crippen LogP contribution in [0.1, 0.15) is 11.1 Å². The number of hydrogen-bond acceptors (Lipinski definition) is 3. The highest BCUT2D eigenvalue weighted by Gasteiger charge is 2.10. The van der Waals surface area contributed by atoms with Crippen LogP contribution in [0.5, 0.6) is 0 Å².